The van der Waals surface area contributed by atoms with Crippen molar-refractivity contribution in [2.24, 2.45) is 5.92 Å². The Labute approximate surface area is 167 Å². The van der Waals surface area contributed by atoms with Gasteiger partial charge in [0.05, 0.1) is 11.3 Å². The molecular weight excluding hydrogens is 383 g/mol. The van der Waals surface area contributed by atoms with E-state index in [9.17, 15) is 23.4 Å². The van der Waals surface area contributed by atoms with E-state index in [1.165, 1.54) is 6.92 Å². The molecule has 2 aromatic rings. The molecule has 2 atom stereocenters. The lowest BCUT2D eigenvalue weighted by Gasteiger charge is -2.38. The van der Waals surface area contributed by atoms with E-state index in [2.05, 4.69) is 15.1 Å². The van der Waals surface area contributed by atoms with Crippen molar-refractivity contribution in [3.63, 3.8) is 0 Å². The molecule has 0 unspecified atom stereocenters. The summed E-state index contributed by atoms with van der Waals surface area (Å²) < 4.78 is 38.9. The minimum absolute atomic E-state index is 0.153. The number of anilines is 1. The van der Waals surface area contributed by atoms with Crippen molar-refractivity contribution in [2.75, 3.05) is 18.1 Å². The summed E-state index contributed by atoms with van der Waals surface area (Å²) in [7, 11) is 0. The highest BCUT2D eigenvalue weighted by molar-refractivity contribution is 5.73. The van der Waals surface area contributed by atoms with Crippen molar-refractivity contribution in [3.05, 3.63) is 34.9 Å². The Bertz CT molecular complexity index is 894. The number of aryl methyl sites for hydroxylation is 1. The van der Waals surface area contributed by atoms with E-state index in [4.69, 9.17) is 0 Å². The molecule has 1 aromatic carbocycles. The number of alkyl halides is 3. The van der Waals surface area contributed by atoms with Crippen molar-refractivity contribution < 1.29 is 23.4 Å². The summed E-state index contributed by atoms with van der Waals surface area (Å²) in [6.07, 6.45) is 0.488. The molecule has 29 heavy (non-hydrogen) atoms. The Morgan fingerprint density at radius 2 is 1.90 bits per heavy atom. The Morgan fingerprint density at radius 1 is 1.14 bits per heavy atom. The van der Waals surface area contributed by atoms with Crippen LogP contribution in [0.2, 0.25) is 0 Å². The van der Waals surface area contributed by atoms with Gasteiger partial charge in [-0.15, -0.1) is 10.2 Å². The fourth-order valence-electron chi connectivity index (χ4n) is 4.72. The van der Waals surface area contributed by atoms with Crippen molar-refractivity contribution >= 4 is 5.82 Å². The Kier molecular flexibility index (Phi) is 5.14. The maximum Gasteiger partial charge on any atom is 0.416 e. The highest BCUT2D eigenvalue weighted by atomic mass is 19.4. The normalized spacial score (nSPS) is 22.0. The molecule has 4 rings (SSSR count). The predicted molar refractivity (Wildman–Crippen MR) is 103 cm³/mol. The van der Waals surface area contributed by atoms with E-state index < -0.39 is 17.5 Å². The van der Waals surface area contributed by atoms with Gasteiger partial charge < -0.3 is 15.1 Å². The van der Waals surface area contributed by atoms with Gasteiger partial charge in [-0.05, 0) is 49.9 Å². The van der Waals surface area contributed by atoms with Crippen LogP contribution in [0.15, 0.2) is 18.2 Å². The number of benzene rings is 1. The minimum atomic E-state index is -4.52. The summed E-state index contributed by atoms with van der Waals surface area (Å²) in [5.41, 5.74) is 1.03. The average Bonchev–Trinajstić information content (AvgIpc) is 3.10. The van der Waals surface area contributed by atoms with Crippen LogP contribution in [0.5, 0.6) is 5.75 Å². The summed E-state index contributed by atoms with van der Waals surface area (Å²) in [5.74, 6) is 0.551. The molecule has 2 heterocycles. The highest BCUT2D eigenvalue weighted by Crippen LogP contribution is 2.40. The molecule has 1 aliphatic heterocycles. The maximum absolute atomic E-state index is 13.0. The SMILES string of the molecule is Cc1cc(C(F)(F)F)cc(O)c1-c1cc2c(nn1)N([C@@H]1CCCC[C@H]1CO)CC2. The van der Waals surface area contributed by atoms with Gasteiger partial charge in [-0.25, -0.2) is 0 Å². The van der Waals surface area contributed by atoms with E-state index in [0.29, 0.717) is 11.3 Å². The van der Waals surface area contributed by atoms with Crippen LogP contribution in [-0.4, -0.2) is 39.6 Å². The largest absolute Gasteiger partial charge is 0.507 e. The van der Waals surface area contributed by atoms with Gasteiger partial charge in [0, 0.05) is 36.2 Å². The predicted octanol–water partition coefficient (Wildman–Crippen LogP) is 4.09. The third-order valence-corrected chi connectivity index (χ3v) is 6.15. The van der Waals surface area contributed by atoms with Crippen molar-refractivity contribution in [3.8, 4) is 17.0 Å². The molecule has 1 aliphatic carbocycles. The number of hydrogen-bond acceptors (Lipinski definition) is 5. The zero-order valence-corrected chi connectivity index (χ0v) is 16.2. The molecule has 0 saturated heterocycles. The second-order valence-corrected chi connectivity index (χ2v) is 8.00. The molecule has 156 valence electrons. The van der Waals surface area contributed by atoms with Gasteiger partial charge in [0.15, 0.2) is 5.82 Å². The van der Waals surface area contributed by atoms with Gasteiger partial charge >= 0.3 is 6.18 Å². The first-order valence-corrected chi connectivity index (χ1v) is 9.95. The number of halogens is 3. The number of nitrogens with zero attached hydrogens (tertiary/aromatic N) is 3. The van der Waals surface area contributed by atoms with Crippen LogP contribution >= 0.6 is 0 Å². The van der Waals surface area contributed by atoms with Gasteiger partial charge in [-0.3, -0.25) is 0 Å². The van der Waals surface area contributed by atoms with E-state index in [0.717, 1.165) is 62.2 Å². The Hall–Kier alpha value is -2.35. The molecule has 0 bridgehead atoms. The molecule has 0 amide bonds. The van der Waals surface area contributed by atoms with Crippen LogP contribution in [0.25, 0.3) is 11.3 Å². The smallest absolute Gasteiger partial charge is 0.416 e. The topological polar surface area (TPSA) is 69.5 Å². The number of rotatable bonds is 3. The van der Waals surface area contributed by atoms with Crippen LogP contribution in [0.4, 0.5) is 19.0 Å². The lowest BCUT2D eigenvalue weighted by atomic mass is 9.84. The quantitative estimate of drug-likeness (QED) is 0.802. The summed E-state index contributed by atoms with van der Waals surface area (Å²) in [6.45, 7) is 2.46. The Balaban J connectivity index is 1.67. The summed E-state index contributed by atoms with van der Waals surface area (Å²) in [5, 5.41) is 28.6. The van der Waals surface area contributed by atoms with E-state index >= 15 is 0 Å². The first-order valence-electron chi connectivity index (χ1n) is 9.95. The number of aliphatic hydroxyl groups is 1. The third-order valence-electron chi connectivity index (χ3n) is 6.15. The molecular formula is C21H24F3N3O2. The van der Waals surface area contributed by atoms with Gasteiger partial charge in [0.25, 0.3) is 0 Å². The third kappa shape index (κ3) is 3.66. The summed E-state index contributed by atoms with van der Waals surface area (Å²) in [4.78, 5) is 2.21. The maximum atomic E-state index is 13.0. The molecule has 0 spiro atoms. The van der Waals surface area contributed by atoms with Crippen LogP contribution in [0, 0.1) is 12.8 Å². The zero-order valence-electron chi connectivity index (χ0n) is 16.2. The first-order chi connectivity index (χ1) is 13.8. The standard InChI is InChI=1S/C21H24F3N3O2/c1-12-8-15(21(22,23)24)10-18(29)19(12)16-9-13-6-7-27(20(13)26-25-16)17-5-3-2-4-14(17)11-28/h8-10,14,17,28-29H,2-7,11H2,1H3/t14-,17+/m0/s1. The number of fused-ring (bicyclic) bond motifs is 1. The molecule has 1 aromatic heterocycles. The van der Waals surface area contributed by atoms with Crippen LogP contribution in [-0.2, 0) is 12.6 Å². The second kappa shape index (κ2) is 7.48. The monoisotopic (exact) mass is 407 g/mol. The number of phenolic OH excluding ortho intramolecular Hbond substituents is 1. The summed E-state index contributed by atoms with van der Waals surface area (Å²) >= 11 is 0. The van der Waals surface area contributed by atoms with Gasteiger partial charge in [-0.1, -0.05) is 12.8 Å². The van der Waals surface area contributed by atoms with Crippen LogP contribution in [0.1, 0.15) is 42.4 Å². The zero-order chi connectivity index (χ0) is 20.8. The number of hydrogen-bond donors (Lipinski definition) is 2. The number of aromatic nitrogens is 2. The van der Waals surface area contributed by atoms with Crippen molar-refractivity contribution in [2.45, 2.75) is 51.2 Å². The van der Waals surface area contributed by atoms with Gasteiger partial charge in [0.1, 0.15) is 5.75 Å². The van der Waals surface area contributed by atoms with E-state index in [1.807, 2.05) is 6.07 Å². The van der Waals surface area contributed by atoms with E-state index in [1.54, 1.807) is 0 Å². The lowest BCUT2D eigenvalue weighted by molar-refractivity contribution is -0.137. The average molecular weight is 407 g/mol. The Morgan fingerprint density at radius 3 is 2.59 bits per heavy atom. The van der Waals surface area contributed by atoms with Crippen LogP contribution < -0.4 is 4.90 Å². The number of aliphatic hydroxyl groups excluding tert-OH is 1. The molecule has 0 radical (unpaired) electrons. The molecule has 2 N–H and O–H groups in total. The first kappa shape index (κ1) is 19.9. The number of phenols is 1. The lowest BCUT2D eigenvalue weighted by Crippen LogP contribution is -2.43. The molecule has 8 heteroatoms. The fourth-order valence-corrected chi connectivity index (χ4v) is 4.72. The van der Waals surface area contributed by atoms with Gasteiger partial charge in [-0.2, -0.15) is 13.2 Å². The van der Waals surface area contributed by atoms with Crippen molar-refractivity contribution in [1.82, 2.24) is 10.2 Å². The highest BCUT2D eigenvalue weighted by Gasteiger charge is 2.35. The molecule has 2 aliphatic rings. The van der Waals surface area contributed by atoms with E-state index in [-0.39, 0.29) is 24.1 Å². The fraction of sp³-hybridized carbons (Fsp3) is 0.524. The molecule has 1 fully saturated rings. The molecule has 5 nitrogen and oxygen atoms in total. The van der Waals surface area contributed by atoms with Crippen molar-refractivity contribution in [1.29, 1.82) is 0 Å². The van der Waals surface area contributed by atoms with Crippen LogP contribution in [0.3, 0.4) is 0 Å². The molecule has 1 saturated carbocycles. The number of aromatic hydroxyl groups is 1. The minimum Gasteiger partial charge on any atom is -0.507 e. The second-order valence-electron chi connectivity index (χ2n) is 8.00. The van der Waals surface area contributed by atoms with Gasteiger partial charge in [0.2, 0.25) is 0 Å². The summed E-state index contributed by atoms with van der Waals surface area (Å²) in [6, 6.07) is 3.80.